The van der Waals surface area contributed by atoms with Crippen LogP contribution in [0, 0.1) is 0 Å². The average molecular weight is 415 g/mol. The highest BCUT2D eigenvalue weighted by Crippen LogP contribution is 2.05. The smallest absolute Gasteiger partial charge is 0.267 e. The Morgan fingerprint density at radius 2 is 1.96 bits per heavy atom. The van der Waals surface area contributed by atoms with Gasteiger partial charge in [-0.3, -0.25) is 24.8 Å². The van der Waals surface area contributed by atoms with Crippen LogP contribution in [0.4, 0.5) is 5.82 Å². The molecule has 0 unspecified atom stereocenters. The highest BCUT2D eigenvalue weighted by Gasteiger charge is 2.13. The molecule has 0 fully saturated rings. The molecule has 27 heavy (non-hydrogen) atoms. The first-order valence-electron chi connectivity index (χ1n) is 7.47. The van der Waals surface area contributed by atoms with Gasteiger partial charge in [0, 0.05) is 12.3 Å². The standard InChI is InChI=1S/C16H18N6O3.2ClH/c1-11(16(24)20-9-12-4-2-3-7-17-12)21-14-10-18-13(8-19-14)5-6-15(23)22-25;;/h2-8,10-11,25H,9H2,1H3,(H,19,21)(H,20,24)(H,22,23);2*1H/b6-5+;;/t11-;;/m1../s1. The van der Waals surface area contributed by atoms with Crippen molar-refractivity contribution in [3.8, 4) is 0 Å². The number of nitrogens with one attached hydrogen (secondary N) is 3. The Morgan fingerprint density at radius 1 is 1.19 bits per heavy atom. The predicted octanol–water partition coefficient (Wildman–Crippen LogP) is 1.35. The summed E-state index contributed by atoms with van der Waals surface area (Å²) in [5, 5.41) is 14.1. The summed E-state index contributed by atoms with van der Waals surface area (Å²) in [6, 6.07) is 4.97. The van der Waals surface area contributed by atoms with E-state index < -0.39 is 11.9 Å². The topological polar surface area (TPSA) is 129 Å². The number of nitrogens with zero attached hydrogens (tertiary/aromatic N) is 3. The minimum absolute atomic E-state index is 0. The molecule has 0 aliphatic carbocycles. The van der Waals surface area contributed by atoms with Crippen molar-refractivity contribution < 1.29 is 14.8 Å². The van der Waals surface area contributed by atoms with Gasteiger partial charge >= 0.3 is 0 Å². The molecule has 0 saturated carbocycles. The van der Waals surface area contributed by atoms with Crippen molar-refractivity contribution in [1.29, 1.82) is 0 Å². The number of carbonyl (C=O) groups excluding carboxylic acids is 2. The van der Waals surface area contributed by atoms with Crippen LogP contribution in [0.2, 0.25) is 0 Å². The van der Waals surface area contributed by atoms with Crippen LogP contribution >= 0.6 is 24.8 Å². The Bertz CT molecular complexity index is 744. The summed E-state index contributed by atoms with van der Waals surface area (Å²) in [7, 11) is 0. The fourth-order valence-corrected chi connectivity index (χ4v) is 1.82. The molecule has 0 spiro atoms. The summed E-state index contributed by atoms with van der Waals surface area (Å²) >= 11 is 0. The second-order valence-corrected chi connectivity index (χ2v) is 5.04. The van der Waals surface area contributed by atoms with Crippen LogP contribution in [0.3, 0.4) is 0 Å². The molecule has 1 atom stereocenters. The third-order valence-electron chi connectivity index (χ3n) is 3.12. The van der Waals surface area contributed by atoms with E-state index in [9.17, 15) is 9.59 Å². The number of hydrogen-bond acceptors (Lipinski definition) is 7. The highest BCUT2D eigenvalue weighted by atomic mass is 35.5. The van der Waals surface area contributed by atoms with E-state index in [1.54, 1.807) is 13.1 Å². The molecule has 2 aromatic heterocycles. The number of hydroxylamine groups is 1. The van der Waals surface area contributed by atoms with Gasteiger partial charge < -0.3 is 10.6 Å². The molecular weight excluding hydrogens is 395 g/mol. The maximum absolute atomic E-state index is 12.1. The molecule has 0 saturated heterocycles. The van der Waals surface area contributed by atoms with Gasteiger partial charge in [0.15, 0.2) is 0 Å². The van der Waals surface area contributed by atoms with E-state index >= 15 is 0 Å². The quantitative estimate of drug-likeness (QED) is 0.305. The molecule has 11 heteroatoms. The van der Waals surface area contributed by atoms with E-state index in [0.717, 1.165) is 11.8 Å². The Morgan fingerprint density at radius 3 is 2.56 bits per heavy atom. The predicted molar refractivity (Wildman–Crippen MR) is 105 cm³/mol. The van der Waals surface area contributed by atoms with Crippen molar-refractivity contribution in [3.05, 3.63) is 54.3 Å². The number of rotatable bonds is 7. The summed E-state index contributed by atoms with van der Waals surface area (Å²) in [6.45, 7) is 2.04. The zero-order valence-corrected chi connectivity index (χ0v) is 16.0. The van der Waals surface area contributed by atoms with E-state index in [-0.39, 0.29) is 30.7 Å². The lowest BCUT2D eigenvalue weighted by atomic mass is 10.3. The summed E-state index contributed by atoms with van der Waals surface area (Å²) in [4.78, 5) is 35.3. The van der Waals surface area contributed by atoms with Gasteiger partial charge in [0.25, 0.3) is 5.91 Å². The van der Waals surface area contributed by atoms with Gasteiger partial charge in [0.05, 0.1) is 30.3 Å². The highest BCUT2D eigenvalue weighted by molar-refractivity contribution is 5.90. The number of amides is 2. The van der Waals surface area contributed by atoms with E-state index in [0.29, 0.717) is 18.1 Å². The van der Waals surface area contributed by atoms with Crippen molar-refractivity contribution in [1.82, 2.24) is 25.7 Å². The van der Waals surface area contributed by atoms with Gasteiger partial charge in [0.1, 0.15) is 11.9 Å². The summed E-state index contributed by atoms with van der Waals surface area (Å²) in [5.74, 6) is -0.442. The Hall–Kier alpha value is -2.75. The van der Waals surface area contributed by atoms with Gasteiger partial charge in [-0.25, -0.2) is 10.5 Å². The van der Waals surface area contributed by atoms with Crippen molar-refractivity contribution in [3.63, 3.8) is 0 Å². The molecule has 9 nitrogen and oxygen atoms in total. The average Bonchev–Trinajstić information content (AvgIpc) is 2.66. The zero-order chi connectivity index (χ0) is 18.1. The number of aromatic nitrogens is 3. The number of halogens is 2. The minimum atomic E-state index is -0.665. The van der Waals surface area contributed by atoms with Gasteiger partial charge in [-0.05, 0) is 25.1 Å². The van der Waals surface area contributed by atoms with Crippen molar-refractivity contribution in [2.45, 2.75) is 19.5 Å². The van der Waals surface area contributed by atoms with Crippen molar-refractivity contribution in [2.24, 2.45) is 0 Å². The van der Waals surface area contributed by atoms with Crippen LogP contribution in [0.1, 0.15) is 18.3 Å². The third-order valence-corrected chi connectivity index (χ3v) is 3.12. The molecule has 2 aromatic rings. The lowest BCUT2D eigenvalue weighted by Crippen LogP contribution is -2.37. The van der Waals surface area contributed by atoms with E-state index in [4.69, 9.17) is 5.21 Å². The zero-order valence-electron chi connectivity index (χ0n) is 14.3. The van der Waals surface area contributed by atoms with Crippen LogP contribution in [-0.2, 0) is 16.1 Å². The number of carbonyl (C=O) groups is 2. The van der Waals surface area contributed by atoms with E-state index in [2.05, 4.69) is 25.6 Å². The molecule has 4 N–H and O–H groups in total. The molecular formula is C16H20Cl2N6O3. The number of anilines is 1. The molecule has 0 bridgehead atoms. The van der Waals surface area contributed by atoms with Crippen LogP contribution in [0.5, 0.6) is 0 Å². The van der Waals surface area contributed by atoms with Crippen LogP contribution < -0.4 is 16.1 Å². The first kappa shape index (κ1) is 24.2. The Balaban J connectivity index is 0.00000338. The molecule has 2 heterocycles. The minimum Gasteiger partial charge on any atom is -0.357 e. The lowest BCUT2D eigenvalue weighted by molar-refractivity contribution is -0.124. The molecule has 0 aromatic carbocycles. The van der Waals surface area contributed by atoms with E-state index in [1.807, 2.05) is 18.2 Å². The van der Waals surface area contributed by atoms with Crippen molar-refractivity contribution in [2.75, 3.05) is 5.32 Å². The number of hydrogen-bond donors (Lipinski definition) is 4. The molecule has 2 amide bonds. The van der Waals surface area contributed by atoms with E-state index in [1.165, 1.54) is 23.9 Å². The van der Waals surface area contributed by atoms with Gasteiger partial charge in [0.2, 0.25) is 5.91 Å². The summed E-state index contributed by atoms with van der Waals surface area (Å²) in [5.41, 5.74) is 2.67. The normalized spacial score (nSPS) is 10.9. The summed E-state index contributed by atoms with van der Waals surface area (Å²) in [6.07, 6.45) is 7.05. The molecule has 0 aliphatic heterocycles. The van der Waals surface area contributed by atoms with Gasteiger partial charge in [-0.15, -0.1) is 24.8 Å². The summed E-state index contributed by atoms with van der Waals surface area (Å²) < 4.78 is 0. The maximum atomic E-state index is 12.1. The van der Waals surface area contributed by atoms with Gasteiger partial charge in [-0.2, -0.15) is 0 Å². The molecule has 2 rings (SSSR count). The number of pyridine rings is 1. The monoisotopic (exact) mass is 414 g/mol. The van der Waals surface area contributed by atoms with Crippen molar-refractivity contribution >= 4 is 48.5 Å². The molecule has 146 valence electrons. The largest absolute Gasteiger partial charge is 0.357 e. The Kier molecular flexibility index (Phi) is 11.3. The molecule has 0 radical (unpaired) electrons. The fourth-order valence-electron chi connectivity index (χ4n) is 1.82. The third kappa shape index (κ3) is 8.45. The van der Waals surface area contributed by atoms with Gasteiger partial charge in [-0.1, -0.05) is 6.07 Å². The SMILES string of the molecule is C[C@@H](Nc1cnc(/C=C/C(=O)NO)cn1)C(=O)NCc1ccccn1.Cl.Cl. The second-order valence-electron chi connectivity index (χ2n) is 5.04. The van der Waals surface area contributed by atoms with Crippen LogP contribution in [0.15, 0.2) is 42.9 Å². The second kappa shape index (κ2) is 12.6. The van der Waals surface area contributed by atoms with Crippen LogP contribution in [0.25, 0.3) is 6.08 Å². The first-order valence-corrected chi connectivity index (χ1v) is 7.47. The first-order chi connectivity index (χ1) is 12.1. The maximum Gasteiger partial charge on any atom is 0.267 e. The Labute approximate surface area is 168 Å². The fraction of sp³-hybridized carbons (Fsp3) is 0.188. The molecule has 0 aliphatic rings. The lowest BCUT2D eigenvalue weighted by Gasteiger charge is -2.14. The van der Waals surface area contributed by atoms with Crippen LogP contribution in [-0.4, -0.2) is 38.0 Å².